The molecule has 0 unspecified atom stereocenters. The Morgan fingerprint density at radius 3 is 2.59 bits per heavy atom. The molecule has 0 saturated carbocycles. The first kappa shape index (κ1) is 17.5. The van der Waals surface area contributed by atoms with Gasteiger partial charge in [-0.05, 0) is 42.8 Å². The number of pyridine rings is 1. The molecule has 0 aliphatic heterocycles. The van der Waals surface area contributed by atoms with E-state index in [9.17, 15) is 0 Å². The molecule has 0 aliphatic rings. The van der Waals surface area contributed by atoms with Crippen molar-refractivity contribution in [3.05, 3.63) is 84.4 Å². The second-order valence-corrected chi connectivity index (χ2v) is 7.28. The number of aromatic nitrogens is 4. The lowest BCUT2D eigenvalue weighted by Gasteiger charge is -2.07. The number of fused-ring (bicyclic) bond motifs is 2. The van der Waals surface area contributed by atoms with E-state index in [1.165, 1.54) is 11.1 Å². The van der Waals surface area contributed by atoms with E-state index in [0.29, 0.717) is 0 Å². The molecule has 5 aromatic rings. The van der Waals surface area contributed by atoms with E-state index < -0.39 is 0 Å². The third-order valence-corrected chi connectivity index (χ3v) is 5.22. The Labute approximate surface area is 169 Å². The average Bonchev–Trinajstić information content (AvgIpc) is 3.17. The van der Waals surface area contributed by atoms with Gasteiger partial charge in [-0.2, -0.15) is 5.10 Å². The molecule has 3 heterocycles. The quantitative estimate of drug-likeness (QED) is 0.494. The Balaban J connectivity index is 1.61. The van der Waals surface area contributed by atoms with Crippen molar-refractivity contribution in [2.24, 2.45) is 0 Å². The van der Waals surface area contributed by atoms with Crippen molar-refractivity contribution in [3.8, 4) is 22.3 Å². The molecule has 142 valence electrons. The van der Waals surface area contributed by atoms with Crippen LogP contribution in [0.25, 0.3) is 38.8 Å². The van der Waals surface area contributed by atoms with Crippen molar-refractivity contribution in [3.63, 3.8) is 0 Å². The minimum Gasteiger partial charge on any atom is -0.316 e. The Kier molecular flexibility index (Phi) is 4.30. The predicted octanol–water partition coefficient (Wildman–Crippen LogP) is 4.64. The number of hydrogen-bond donors (Lipinski definition) is 1. The number of rotatable bonds is 4. The Morgan fingerprint density at radius 1 is 0.897 bits per heavy atom. The van der Waals surface area contributed by atoms with Gasteiger partial charge in [-0.15, -0.1) is 0 Å². The Hall–Kier alpha value is -3.57. The van der Waals surface area contributed by atoms with Crippen LogP contribution in [-0.2, 0) is 6.54 Å². The third-order valence-electron chi connectivity index (χ3n) is 5.22. The van der Waals surface area contributed by atoms with E-state index in [2.05, 4.69) is 64.8 Å². The van der Waals surface area contributed by atoms with E-state index in [1.54, 1.807) is 0 Å². The van der Waals surface area contributed by atoms with Crippen LogP contribution in [0, 0.1) is 6.92 Å². The van der Waals surface area contributed by atoms with Gasteiger partial charge in [0.15, 0.2) is 5.65 Å². The standard InChI is InChI=1S/C24H21N5/c1-16-3-6-18(7-4-16)19-13-27-24-22(14-28-29(24)15-19)20-9-10-26-23-11-17(12-25-2)5-8-21(20)23/h3-11,13-15,25H,12H2,1-2H3. The van der Waals surface area contributed by atoms with Gasteiger partial charge in [0.1, 0.15) is 0 Å². The van der Waals surface area contributed by atoms with Gasteiger partial charge < -0.3 is 5.32 Å². The van der Waals surface area contributed by atoms with Crippen molar-refractivity contribution < 1.29 is 0 Å². The van der Waals surface area contributed by atoms with Gasteiger partial charge in [-0.1, -0.05) is 42.0 Å². The number of nitrogens with zero attached hydrogens (tertiary/aromatic N) is 4. The van der Waals surface area contributed by atoms with Gasteiger partial charge >= 0.3 is 0 Å². The summed E-state index contributed by atoms with van der Waals surface area (Å²) in [4.78, 5) is 9.30. The van der Waals surface area contributed by atoms with Crippen LogP contribution in [0.15, 0.2) is 73.3 Å². The van der Waals surface area contributed by atoms with E-state index in [0.717, 1.165) is 45.3 Å². The van der Waals surface area contributed by atoms with Gasteiger partial charge in [0, 0.05) is 41.6 Å². The molecule has 5 rings (SSSR count). The normalized spacial score (nSPS) is 11.4. The van der Waals surface area contributed by atoms with Crippen LogP contribution in [0.1, 0.15) is 11.1 Å². The first-order valence-electron chi connectivity index (χ1n) is 9.66. The van der Waals surface area contributed by atoms with Crippen molar-refractivity contribution in [1.82, 2.24) is 24.9 Å². The van der Waals surface area contributed by atoms with Gasteiger partial charge in [-0.25, -0.2) is 9.50 Å². The minimum atomic E-state index is 0.821. The van der Waals surface area contributed by atoms with Crippen LogP contribution < -0.4 is 5.32 Å². The van der Waals surface area contributed by atoms with Crippen LogP contribution in [0.4, 0.5) is 0 Å². The fraction of sp³-hybridized carbons (Fsp3) is 0.125. The molecule has 0 fully saturated rings. The maximum absolute atomic E-state index is 4.74. The number of hydrogen-bond acceptors (Lipinski definition) is 4. The first-order chi connectivity index (χ1) is 14.2. The number of aryl methyl sites for hydroxylation is 1. The molecule has 2 aromatic carbocycles. The molecule has 0 spiro atoms. The average molecular weight is 379 g/mol. The summed E-state index contributed by atoms with van der Waals surface area (Å²) >= 11 is 0. The summed E-state index contributed by atoms with van der Waals surface area (Å²) in [5.74, 6) is 0. The zero-order valence-corrected chi connectivity index (χ0v) is 16.4. The summed E-state index contributed by atoms with van der Waals surface area (Å²) in [6.45, 7) is 2.91. The van der Waals surface area contributed by atoms with Crippen molar-refractivity contribution in [2.75, 3.05) is 7.05 Å². The highest BCUT2D eigenvalue weighted by Crippen LogP contribution is 2.31. The smallest absolute Gasteiger partial charge is 0.162 e. The van der Waals surface area contributed by atoms with Crippen LogP contribution in [0.5, 0.6) is 0 Å². The highest BCUT2D eigenvalue weighted by molar-refractivity contribution is 5.97. The summed E-state index contributed by atoms with van der Waals surface area (Å²) in [6, 6.07) is 16.9. The zero-order valence-electron chi connectivity index (χ0n) is 16.4. The topological polar surface area (TPSA) is 55.1 Å². The Bertz CT molecular complexity index is 1320. The summed E-state index contributed by atoms with van der Waals surface area (Å²) in [6.07, 6.45) is 7.69. The first-order valence-corrected chi connectivity index (χ1v) is 9.66. The molecule has 5 heteroatoms. The summed E-state index contributed by atoms with van der Waals surface area (Å²) in [7, 11) is 1.95. The van der Waals surface area contributed by atoms with E-state index >= 15 is 0 Å². The Morgan fingerprint density at radius 2 is 1.76 bits per heavy atom. The van der Waals surface area contributed by atoms with Crippen molar-refractivity contribution in [2.45, 2.75) is 13.5 Å². The summed E-state index contributed by atoms with van der Waals surface area (Å²) < 4.78 is 1.85. The highest BCUT2D eigenvalue weighted by Gasteiger charge is 2.13. The van der Waals surface area contributed by atoms with Crippen molar-refractivity contribution in [1.29, 1.82) is 0 Å². The lowest BCUT2D eigenvalue weighted by Crippen LogP contribution is -2.04. The summed E-state index contributed by atoms with van der Waals surface area (Å²) in [5.41, 5.74) is 8.55. The largest absolute Gasteiger partial charge is 0.316 e. The molecule has 3 aromatic heterocycles. The molecule has 0 atom stereocenters. The molecule has 1 N–H and O–H groups in total. The maximum atomic E-state index is 4.74. The molecule has 0 bridgehead atoms. The van der Waals surface area contributed by atoms with Gasteiger partial charge in [0.05, 0.1) is 11.7 Å². The van der Waals surface area contributed by atoms with Crippen LogP contribution >= 0.6 is 0 Å². The number of benzene rings is 2. The minimum absolute atomic E-state index is 0.821. The van der Waals surface area contributed by atoms with E-state index in [-0.39, 0.29) is 0 Å². The molecule has 0 amide bonds. The second kappa shape index (κ2) is 7.11. The molecule has 5 nitrogen and oxygen atoms in total. The van der Waals surface area contributed by atoms with Crippen LogP contribution in [-0.4, -0.2) is 26.6 Å². The third kappa shape index (κ3) is 3.15. The van der Waals surface area contributed by atoms with E-state index in [4.69, 9.17) is 4.98 Å². The van der Waals surface area contributed by atoms with Crippen LogP contribution in [0.3, 0.4) is 0 Å². The summed E-state index contributed by atoms with van der Waals surface area (Å²) in [5, 5.41) is 8.87. The van der Waals surface area contributed by atoms with Gasteiger partial charge in [-0.3, -0.25) is 4.98 Å². The zero-order chi connectivity index (χ0) is 19.8. The monoisotopic (exact) mass is 379 g/mol. The predicted molar refractivity (Wildman–Crippen MR) is 117 cm³/mol. The second-order valence-electron chi connectivity index (χ2n) is 7.28. The molecule has 0 saturated heterocycles. The number of nitrogens with one attached hydrogen (secondary N) is 1. The lowest BCUT2D eigenvalue weighted by atomic mass is 10.0. The highest BCUT2D eigenvalue weighted by atomic mass is 15.2. The van der Waals surface area contributed by atoms with Crippen LogP contribution in [0.2, 0.25) is 0 Å². The van der Waals surface area contributed by atoms with Gasteiger partial charge in [0.25, 0.3) is 0 Å². The molecular formula is C24H21N5. The fourth-order valence-corrected chi connectivity index (χ4v) is 3.70. The van der Waals surface area contributed by atoms with E-state index in [1.807, 2.05) is 42.4 Å². The molecule has 0 radical (unpaired) electrons. The lowest BCUT2D eigenvalue weighted by molar-refractivity contribution is 0.819. The SMILES string of the molecule is CNCc1ccc2c(-c3cnn4cc(-c5ccc(C)cc5)cnc34)ccnc2c1. The fourth-order valence-electron chi connectivity index (χ4n) is 3.70. The van der Waals surface area contributed by atoms with Crippen molar-refractivity contribution >= 4 is 16.6 Å². The van der Waals surface area contributed by atoms with Gasteiger partial charge in [0.2, 0.25) is 0 Å². The maximum Gasteiger partial charge on any atom is 0.162 e. The molecular weight excluding hydrogens is 358 g/mol. The molecule has 29 heavy (non-hydrogen) atoms. The molecule has 0 aliphatic carbocycles.